The van der Waals surface area contributed by atoms with Crippen LogP contribution in [0.1, 0.15) is 11.1 Å². The molecular weight excluding hydrogens is 491 g/mol. The molecule has 0 N–H and O–H groups in total. The maximum atomic E-state index is 13.1. The number of hydrogen-bond acceptors (Lipinski definition) is 2. The molecule has 0 aliphatic carbocycles. The molecule has 7 heteroatoms. The standard InChI is InChI=1S/C21H14BBr2F2NO/c23-17-10-6-15(7-11-17)20(27-19-4-2-1-3-5-19)14-21(28-22(25)26)16-8-12-18(24)13-9-16/h1-14H/b21-14+,27-20?. The van der Waals surface area contributed by atoms with Gasteiger partial charge in [0.05, 0.1) is 11.4 Å². The Morgan fingerprint density at radius 1 is 0.786 bits per heavy atom. The van der Waals surface area contributed by atoms with Crippen molar-refractivity contribution in [1.82, 2.24) is 0 Å². The number of aliphatic imine (C=N–C) groups is 1. The normalized spacial score (nSPS) is 12.0. The van der Waals surface area contributed by atoms with Crippen LogP contribution in [0.15, 0.2) is 98.9 Å². The maximum absolute atomic E-state index is 13.1. The van der Waals surface area contributed by atoms with Crippen molar-refractivity contribution in [2.24, 2.45) is 4.99 Å². The van der Waals surface area contributed by atoms with Gasteiger partial charge in [-0.3, -0.25) is 0 Å². The molecule has 3 rings (SSSR count). The molecule has 0 aromatic heterocycles. The second kappa shape index (κ2) is 9.80. The summed E-state index contributed by atoms with van der Waals surface area (Å²) in [5, 5.41) is 0. The van der Waals surface area contributed by atoms with E-state index in [0.29, 0.717) is 17.0 Å². The number of para-hydroxylation sites is 1. The van der Waals surface area contributed by atoms with Crippen molar-refractivity contribution in [3.63, 3.8) is 0 Å². The van der Waals surface area contributed by atoms with Gasteiger partial charge in [0.1, 0.15) is 5.76 Å². The van der Waals surface area contributed by atoms with Crippen molar-refractivity contribution >= 4 is 56.5 Å². The summed E-state index contributed by atoms with van der Waals surface area (Å²) in [5.74, 6) is 0.0418. The lowest BCUT2D eigenvalue weighted by molar-refractivity contribution is 0.397. The third-order valence-corrected chi connectivity index (χ3v) is 4.82. The molecule has 3 aromatic rings. The second-order valence-corrected chi connectivity index (χ2v) is 7.56. The summed E-state index contributed by atoms with van der Waals surface area (Å²) in [4.78, 5) is 4.64. The molecule has 3 aromatic carbocycles. The highest BCUT2D eigenvalue weighted by molar-refractivity contribution is 9.10. The van der Waals surface area contributed by atoms with Crippen molar-refractivity contribution in [3.05, 3.63) is 105 Å². The third kappa shape index (κ3) is 5.88. The van der Waals surface area contributed by atoms with Crippen LogP contribution in [-0.4, -0.2) is 13.2 Å². The van der Waals surface area contributed by atoms with Crippen LogP contribution < -0.4 is 0 Å². The molecule has 0 radical (unpaired) electrons. The minimum absolute atomic E-state index is 0.0418. The van der Waals surface area contributed by atoms with Gasteiger partial charge in [0.2, 0.25) is 0 Å². The smallest absolute Gasteiger partial charge is 0.505 e. The Kier molecular flexibility index (Phi) is 7.17. The van der Waals surface area contributed by atoms with Gasteiger partial charge in [0, 0.05) is 26.1 Å². The van der Waals surface area contributed by atoms with Crippen LogP contribution in [-0.2, 0) is 4.65 Å². The third-order valence-electron chi connectivity index (χ3n) is 3.76. The van der Waals surface area contributed by atoms with E-state index in [-0.39, 0.29) is 5.76 Å². The van der Waals surface area contributed by atoms with E-state index in [2.05, 4.69) is 36.9 Å². The first-order chi connectivity index (χ1) is 13.5. The molecule has 0 unspecified atom stereocenters. The molecule has 0 aliphatic heterocycles. The van der Waals surface area contributed by atoms with Gasteiger partial charge in [-0.2, -0.15) is 0 Å². The minimum Gasteiger partial charge on any atom is -0.505 e. The zero-order chi connectivity index (χ0) is 19.9. The van der Waals surface area contributed by atoms with Gasteiger partial charge in [0.25, 0.3) is 0 Å². The fourth-order valence-electron chi connectivity index (χ4n) is 2.46. The molecule has 2 nitrogen and oxygen atoms in total. The van der Waals surface area contributed by atoms with Crippen molar-refractivity contribution in [2.45, 2.75) is 0 Å². The zero-order valence-corrected chi connectivity index (χ0v) is 17.7. The number of hydrogen-bond donors (Lipinski definition) is 0. The van der Waals surface area contributed by atoms with E-state index in [1.54, 1.807) is 24.3 Å². The largest absolute Gasteiger partial charge is 0.796 e. The van der Waals surface area contributed by atoms with Gasteiger partial charge < -0.3 is 4.65 Å². The summed E-state index contributed by atoms with van der Waals surface area (Å²) < 4.78 is 32.7. The number of allylic oxidation sites excluding steroid dienone is 1. The van der Waals surface area contributed by atoms with Crippen LogP contribution in [0.3, 0.4) is 0 Å². The number of rotatable bonds is 6. The lowest BCUT2D eigenvalue weighted by atomic mass is 10.1. The van der Waals surface area contributed by atoms with Crippen LogP contribution in [0, 0.1) is 0 Å². The molecule has 0 atom stereocenters. The SMILES string of the molecule is FB(F)O/C(=C/C(=Nc1ccccc1)c1ccc(Br)cc1)c1ccc(Br)cc1. The Hall–Kier alpha value is -2.25. The molecule has 0 aliphatic rings. The summed E-state index contributed by atoms with van der Waals surface area (Å²) in [5.41, 5.74) is 2.53. The molecule has 140 valence electrons. The van der Waals surface area contributed by atoms with E-state index in [1.165, 1.54) is 6.08 Å². The summed E-state index contributed by atoms with van der Waals surface area (Å²) in [7, 11) is -2.95. The molecule has 0 fully saturated rings. The highest BCUT2D eigenvalue weighted by atomic mass is 79.9. The predicted octanol–water partition coefficient (Wildman–Crippen LogP) is 7.31. The van der Waals surface area contributed by atoms with Gasteiger partial charge in [0.15, 0.2) is 0 Å². The van der Waals surface area contributed by atoms with Gasteiger partial charge in [-0.25, -0.2) is 13.6 Å². The molecular formula is C21H14BBr2F2NO. The number of benzene rings is 3. The molecule has 0 saturated heterocycles. The average molecular weight is 505 g/mol. The molecule has 0 amide bonds. The molecule has 0 spiro atoms. The Bertz CT molecular complexity index is 976. The van der Waals surface area contributed by atoms with E-state index in [4.69, 9.17) is 4.65 Å². The van der Waals surface area contributed by atoms with Crippen molar-refractivity contribution in [1.29, 1.82) is 0 Å². The highest BCUT2D eigenvalue weighted by Crippen LogP contribution is 2.23. The second-order valence-electron chi connectivity index (χ2n) is 5.73. The van der Waals surface area contributed by atoms with Crippen LogP contribution in [0.5, 0.6) is 0 Å². The lowest BCUT2D eigenvalue weighted by Gasteiger charge is -2.11. The Balaban J connectivity index is 2.11. The van der Waals surface area contributed by atoms with Crippen molar-refractivity contribution < 1.29 is 13.3 Å². The van der Waals surface area contributed by atoms with Gasteiger partial charge in [-0.15, -0.1) is 0 Å². The van der Waals surface area contributed by atoms with Crippen molar-refractivity contribution in [3.8, 4) is 0 Å². The summed E-state index contributed by atoms with van der Waals surface area (Å²) in [6, 6.07) is 23.8. The van der Waals surface area contributed by atoms with E-state index in [0.717, 1.165) is 14.5 Å². The Morgan fingerprint density at radius 3 is 1.86 bits per heavy atom. The van der Waals surface area contributed by atoms with E-state index < -0.39 is 7.47 Å². The van der Waals surface area contributed by atoms with Crippen LogP contribution in [0.25, 0.3) is 5.76 Å². The average Bonchev–Trinajstić information content (AvgIpc) is 2.68. The number of nitrogens with zero attached hydrogens (tertiary/aromatic N) is 1. The van der Waals surface area contributed by atoms with Crippen LogP contribution in [0.4, 0.5) is 14.3 Å². The Morgan fingerprint density at radius 2 is 1.32 bits per heavy atom. The first-order valence-corrected chi connectivity index (χ1v) is 9.92. The van der Waals surface area contributed by atoms with Crippen LogP contribution in [0.2, 0.25) is 0 Å². The minimum atomic E-state index is -2.95. The van der Waals surface area contributed by atoms with E-state index in [1.807, 2.05) is 54.6 Å². The summed E-state index contributed by atoms with van der Waals surface area (Å²) in [6.45, 7) is 0. The first-order valence-electron chi connectivity index (χ1n) is 8.33. The zero-order valence-electron chi connectivity index (χ0n) is 14.5. The fourth-order valence-corrected chi connectivity index (χ4v) is 2.99. The van der Waals surface area contributed by atoms with Gasteiger partial charge in [-0.05, 0) is 36.4 Å². The maximum Gasteiger partial charge on any atom is 0.796 e. The fraction of sp³-hybridized carbons (Fsp3) is 0. The topological polar surface area (TPSA) is 21.6 Å². The molecule has 28 heavy (non-hydrogen) atoms. The molecule has 0 heterocycles. The first kappa shape index (κ1) is 20.5. The van der Waals surface area contributed by atoms with Gasteiger partial charge in [-0.1, -0.05) is 74.3 Å². The molecule has 0 saturated carbocycles. The summed E-state index contributed by atoms with van der Waals surface area (Å²) >= 11 is 6.75. The highest BCUT2D eigenvalue weighted by Gasteiger charge is 2.21. The predicted molar refractivity (Wildman–Crippen MR) is 118 cm³/mol. The van der Waals surface area contributed by atoms with E-state index in [9.17, 15) is 8.63 Å². The van der Waals surface area contributed by atoms with Crippen molar-refractivity contribution in [2.75, 3.05) is 0 Å². The van der Waals surface area contributed by atoms with E-state index >= 15 is 0 Å². The summed E-state index contributed by atoms with van der Waals surface area (Å²) in [6.07, 6.45) is 1.53. The van der Waals surface area contributed by atoms with Crippen LogP contribution >= 0.6 is 31.9 Å². The van der Waals surface area contributed by atoms with Gasteiger partial charge >= 0.3 is 7.47 Å². The molecule has 0 bridgehead atoms. The quantitative estimate of drug-likeness (QED) is 0.196. The number of halogens is 4. The Labute approximate surface area is 179 Å². The lowest BCUT2D eigenvalue weighted by Crippen LogP contribution is -2.07. The monoisotopic (exact) mass is 503 g/mol.